The topological polar surface area (TPSA) is 57.7 Å². The number of pyridine rings is 1. The summed E-state index contributed by atoms with van der Waals surface area (Å²) in [5, 5.41) is 0. The molecule has 0 spiro atoms. The first-order valence-corrected chi connectivity index (χ1v) is 5.90. The van der Waals surface area contributed by atoms with Crippen LogP contribution in [-0.2, 0) is 16.0 Å². The van der Waals surface area contributed by atoms with Gasteiger partial charge in [-0.3, -0.25) is 4.79 Å². The number of alkyl halides is 3. The third kappa shape index (κ3) is 4.73. The monoisotopic (exact) mass is 391 g/mol. The fourth-order valence-corrected chi connectivity index (χ4v) is 1.88. The Morgan fingerprint density at radius 3 is 2.53 bits per heavy atom. The first-order valence-electron chi connectivity index (χ1n) is 4.82. The molecule has 1 aromatic heterocycles. The summed E-state index contributed by atoms with van der Waals surface area (Å²) in [6.45, 7) is 0. The quantitative estimate of drug-likeness (QED) is 0.448. The van der Waals surface area contributed by atoms with E-state index in [9.17, 15) is 18.0 Å². The van der Waals surface area contributed by atoms with Gasteiger partial charge in [0, 0.05) is 5.56 Å². The number of methoxy groups -OCH3 is 2. The fraction of sp³-hybridized carbons (Fsp3) is 0.400. The molecule has 0 N–H and O–H groups in total. The van der Waals surface area contributed by atoms with Crippen molar-refractivity contribution >= 4 is 28.6 Å². The molecule has 5 nitrogen and oxygen atoms in total. The molecule has 0 saturated heterocycles. The molecule has 0 unspecified atom stereocenters. The summed E-state index contributed by atoms with van der Waals surface area (Å²) in [5.41, 5.74) is 0.202. The summed E-state index contributed by atoms with van der Waals surface area (Å²) in [4.78, 5) is 14.8. The van der Waals surface area contributed by atoms with Crippen LogP contribution in [-0.4, -0.2) is 31.5 Å². The van der Waals surface area contributed by atoms with Gasteiger partial charge in [0.05, 0.1) is 20.6 Å². The number of esters is 1. The Kier molecular flexibility index (Phi) is 5.20. The Labute approximate surface area is 120 Å². The highest BCUT2D eigenvalue weighted by molar-refractivity contribution is 14.1. The van der Waals surface area contributed by atoms with Gasteiger partial charge < -0.3 is 14.2 Å². The molecule has 0 aromatic carbocycles. The highest BCUT2D eigenvalue weighted by Crippen LogP contribution is 2.34. The lowest BCUT2D eigenvalue weighted by Gasteiger charge is -2.14. The van der Waals surface area contributed by atoms with Gasteiger partial charge >= 0.3 is 12.3 Å². The molecule has 106 valence electrons. The minimum Gasteiger partial charge on any atom is -0.491 e. The minimum absolute atomic E-state index is 0.202. The van der Waals surface area contributed by atoms with Gasteiger partial charge in [-0.15, -0.1) is 13.2 Å². The number of carbonyl (C=O) groups is 1. The molecule has 0 aliphatic carbocycles. The zero-order valence-corrected chi connectivity index (χ0v) is 12.0. The second-order valence-corrected chi connectivity index (χ2v) is 4.35. The zero-order valence-electron chi connectivity index (χ0n) is 9.88. The summed E-state index contributed by atoms with van der Waals surface area (Å²) in [6.07, 6.45) is -5.14. The van der Waals surface area contributed by atoms with Crippen LogP contribution in [0.25, 0.3) is 0 Å². The number of rotatable bonds is 4. The van der Waals surface area contributed by atoms with Gasteiger partial charge in [0.25, 0.3) is 5.88 Å². The van der Waals surface area contributed by atoms with E-state index in [-0.39, 0.29) is 21.4 Å². The largest absolute Gasteiger partial charge is 0.574 e. The molecule has 0 amide bonds. The standard InChI is InChI=1S/C10H9F3INO4/c1-17-7(16)4-5-3-6(14)15-9(8(5)18-2)19-10(11,12)13/h3H,4H2,1-2H3. The van der Waals surface area contributed by atoms with Crippen LogP contribution in [0.3, 0.4) is 0 Å². The second kappa shape index (κ2) is 6.26. The van der Waals surface area contributed by atoms with Crippen LogP contribution in [0.2, 0.25) is 0 Å². The highest BCUT2D eigenvalue weighted by atomic mass is 127. The lowest BCUT2D eigenvalue weighted by molar-refractivity contribution is -0.276. The van der Waals surface area contributed by atoms with E-state index in [2.05, 4.69) is 14.5 Å². The Hall–Kier alpha value is -1.26. The molecule has 1 rings (SSSR count). The Morgan fingerprint density at radius 1 is 1.42 bits per heavy atom. The Morgan fingerprint density at radius 2 is 2.05 bits per heavy atom. The molecule has 0 bridgehead atoms. The summed E-state index contributed by atoms with van der Waals surface area (Å²) in [6, 6.07) is 1.42. The first kappa shape index (κ1) is 15.8. The normalized spacial score (nSPS) is 11.1. The van der Waals surface area contributed by atoms with Crippen molar-refractivity contribution < 1.29 is 32.2 Å². The van der Waals surface area contributed by atoms with Crippen molar-refractivity contribution in [1.82, 2.24) is 4.98 Å². The molecular formula is C10H9F3INO4. The number of hydrogen-bond acceptors (Lipinski definition) is 5. The summed E-state index contributed by atoms with van der Waals surface area (Å²) in [5.74, 6) is -1.60. The Bertz CT molecular complexity index is 479. The van der Waals surface area contributed by atoms with Gasteiger partial charge in [-0.1, -0.05) is 0 Å². The maximum Gasteiger partial charge on any atom is 0.574 e. The molecular weight excluding hydrogens is 382 g/mol. The van der Waals surface area contributed by atoms with E-state index >= 15 is 0 Å². The second-order valence-electron chi connectivity index (χ2n) is 3.24. The SMILES string of the molecule is COC(=O)Cc1cc(I)nc(OC(F)(F)F)c1OC. The molecule has 0 saturated carbocycles. The molecule has 0 fully saturated rings. The lowest BCUT2D eigenvalue weighted by atomic mass is 10.2. The van der Waals surface area contributed by atoms with Crippen LogP contribution in [0.5, 0.6) is 11.6 Å². The van der Waals surface area contributed by atoms with Gasteiger partial charge in [0.15, 0.2) is 5.75 Å². The molecule has 1 heterocycles. The average molecular weight is 391 g/mol. The maximum atomic E-state index is 12.2. The van der Waals surface area contributed by atoms with E-state index < -0.39 is 18.2 Å². The number of ether oxygens (including phenoxy) is 3. The van der Waals surface area contributed by atoms with Crippen LogP contribution in [0.1, 0.15) is 5.56 Å². The smallest absolute Gasteiger partial charge is 0.491 e. The number of hydrogen-bond donors (Lipinski definition) is 0. The van der Waals surface area contributed by atoms with Gasteiger partial charge in [0.2, 0.25) is 0 Å². The van der Waals surface area contributed by atoms with Crippen molar-refractivity contribution in [3.05, 3.63) is 15.3 Å². The molecule has 1 aromatic rings. The average Bonchev–Trinajstić information content (AvgIpc) is 2.26. The molecule has 0 radical (unpaired) electrons. The van der Waals surface area contributed by atoms with Gasteiger partial charge in [-0.25, -0.2) is 4.98 Å². The van der Waals surface area contributed by atoms with E-state index in [0.717, 1.165) is 7.11 Å². The third-order valence-electron chi connectivity index (χ3n) is 1.97. The summed E-state index contributed by atoms with van der Waals surface area (Å²) in [7, 11) is 2.34. The molecule has 9 heteroatoms. The fourth-order valence-electron chi connectivity index (χ4n) is 1.28. The van der Waals surface area contributed by atoms with Crippen LogP contribution in [0, 0.1) is 3.70 Å². The number of aromatic nitrogens is 1. The van der Waals surface area contributed by atoms with Crippen molar-refractivity contribution in [3.63, 3.8) is 0 Å². The van der Waals surface area contributed by atoms with Gasteiger partial charge in [-0.2, -0.15) is 0 Å². The molecule has 19 heavy (non-hydrogen) atoms. The van der Waals surface area contributed by atoms with E-state index in [4.69, 9.17) is 4.74 Å². The molecule has 0 atom stereocenters. The van der Waals surface area contributed by atoms with Crippen molar-refractivity contribution in [1.29, 1.82) is 0 Å². The van der Waals surface area contributed by atoms with E-state index in [1.807, 2.05) is 0 Å². The number of carbonyl (C=O) groups excluding carboxylic acids is 1. The van der Waals surface area contributed by atoms with Crippen LogP contribution >= 0.6 is 22.6 Å². The predicted octanol–water partition coefficient (Wildman–Crippen LogP) is 2.31. The highest BCUT2D eigenvalue weighted by Gasteiger charge is 2.34. The van der Waals surface area contributed by atoms with Crippen LogP contribution in [0.4, 0.5) is 13.2 Å². The van der Waals surface area contributed by atoms with E-state index in [1.165, 1.54) is 13.2 Å². The minimum atomic E-state index is -4.90. The number of halogens is 4. The van der Waals surface area contributed by atoms with Gasteiger partial charge in [-0.05, 0) is 28.7 Å². The van der Waals surface area contributed by atoms with Crippen molar-refractivity contribution in [3.8, 4) is 11.6 Å². The van der Waals surface area contributed by atoms with Gasteiger partial charge in [0.1, 0.15) is 3.70 Å². The van der Waals surface area contributed by atoms with E-state index in [0.29, 0.717) is 0 Å². The number of nitrogens with zero attached hydrogens (tertiary/aromatic N) is 1. The summed E-state index contributed by atoms with van der Waals surface area (Å²) < 4.78 is 50.0. The zero-order chi connectivity index (χ0) is 14.6. The van der Waals surface area contributed by atoms with Crippen LogP contribution in [0.15, 0.2) is 6.07 Å². The van der Waals surface area contributed by atoms with Crippen molar-refractivity contribution in [2.75, 3.05) is 14.2 Å². The van der Waals surface area contributed by atoms with Crippen molar-refractivity contribution in [2.45, 2.75) is 12.8 Å². The van der Waals surface area contributed by atoms with E-state index in [1.54, 1.807) is 22.6 Å². The molecule has 0 aliphatic heterocycles. The van der Waals surface area contributed by atoms with Crippen LogP contribution < -0.4 is 9.47 Å². The first-order chi connectivity index (χ1) is 8.76. The maximum absolute atomic E-state index is 12.2. The lowest BCUT2D eigenvalue weighted by Crippen LogP contribution is -2.19. The van der Waals surface area contributed by atoms with Crippen molar-refractivity contribution in [2.24, 2.45) is 0 Å². The summed E-state index contributed by atoms with van der Waals surface area (Å²) >= 11 is 1.71. The third-order valence-corrected chi connectivity index (χ3v) is 2.52. The molecule has 0 aliphatic rings. The Balaban J connectivity index is 3.20. The predicted molar refractivity (Wildman–Crippen MR) is 65.9 cm³/mol.